The van der Waals surface area contributed by atoms with Crippen molar-refractivity contribution in [2.24, 2.45) is 0 Å². The maximum absolute atomic E-state index is 10.4. The van der Waals surface area contributed by atoms with Crippen molar-refractivity contribution in [2.45, 2.75) is 6.92 Å². The van der Waals surface area contributed by atoms with Crippen molar-refractivity contribution in [1.82, 2.24) is 0 Å². The molecule has 4 nitrogen and oxygen atoms in total. The number of hydrogen-bond acceptors (Lipinski definition) is 3. The zero-order chi connectivity index (χ0) is 9.42. The summed E-state index contributed by atoms with van der Waals surface area (Å²) in [5.74, 6) is 0.760. The smallest absolute Gasteiger partial charge is 0.270 e. The van der Waals surface area contributed by atoms with E-state index in [1.54, 1.807) is 12.1 Å². The van der Waals surface area contributed by atoms with E-state index in [0.29, 0.717) is 5.58 Å². The fraction of sp³-hybridized carbons (Fsp3) is 0.111. The van der Waals surface area contributed by atoms with Crippen molar-refractivity contribution in [1.29, 1.82) is 0 Å². The second-order valence-electron chi connectivity index (χ2n) is 2.84. The summed E-state index contributed by atoms with van der Waals surface area (Å²) in [7, 11) is 0. The first-order valence-electron chi connectivity index (χ1n) is 3.81. The third kappa shape index (κ3) is 1.26. The number of nitro groups is 1. The monoisotopic (exact) mass is 177 g/mol. The molecule has 1 aromatic heterocycles. The molecule has 66 valence electrons. The van der Waals surface area contributed by atoms with E-state index < -0.39 is 4.92 Å². The first kappa shape index (κ1) is 7.79. The van der Waals surface area contributed by atoms with Crippen LogP contribution < -0.4 is 0 Å². The van der Waals surface area contributed by atoms with E-state index in [2.05, 4.69) is 0 Å². The molecule has 0 saturated heterocycles. The molecule has 0 bridgehead atoms. The summed E-state index contributed by atoms with van der Waals surface area (Å²) in [4.78, 5) is 10.0. The van der Waals surface area contributed by atoms with Crippen LogP contribution in [0.1, 0.15) is 5.76 Å². The molecule has 0 radical (unpaired) electrons. The minimum Gasteiger partial charge on any atom is -0.461 e. The van der Waals surface area contributed by atoms with Crippen molar-refractivity contribution < 1.29 is 9.34 Å². The van der Waals surface area contributed by atoms with Gasteiger partial charge in [-0.25, -0.2) is 0 Å². The van der Waals surface area contributed by atoms with E-state index in [1.807, 2.05) is 6.92 Å². The molecule has 0 saturated carbocycles. The van der Waals surface area contributed by atoms with Crippen molar-refractivity contribution in [2.75, 3.05) is 0 Å². The molecule has 0 spiro atoms. The molecule has 2 rings (SSSR count). The minimum atomic E-state index is -0.415. The molecule has 0 fully saturated rings. The van der Waals surface area contributed by atoms with Crippen LogP contribution in [0, 0.1) is 17.0 Å². The van der Waals surface area contributed by atoms with E-state index in [-0.39, 0.29) is 5.69 Å². The van der Waals surface area contributed by atoms with E-state index in [0.717, 1.165) is 11.1 Å². The predicted molar refractivity (Wildman–Crippen MR) is 47.6 cm³/mol. The van der Waals surface area contributed by atoms with Gasteiger partial charge in [0.25, 0.3) is 5.69 Å². The van der Waals surface area contributed by atoms with Gasteiger partial charge >= 0.3 is 0 Å². The van der Waals surface area contributed by atoms with Crippen LogP contribution in [0.3, 0.4) is 0 Å². The Balaban J connectivity index is 2.67. The number of non-ortho nitro benzene ring substituents is 1. The lowest BCUT2D eigenvalue weighted by Crippen LogP contribution is -1.85. The number of benzene rings is 1. The number of rotatable bonds is 1. The first-order valence-corrected chi connectivity index (χ1v) is 3.81. The lowest BCUT2D eigenvalue weighted by Gasteiger charge is -1.89. The highest BCUT2D eigenvalue weighted by Crippen LogP contribution is 2.23. The van der Waals surface area contributed by atoms with Crippen molar-refractivity contribution in [3.63, 3.8) is 0 Å². The molecular weight excluding hydrogens is 170 g/mol. The van der Waals surface area contributed by atoms with E-state index in [9.17, 15) is 10.1 Å². The van der Waals surface area contributed by atoms with Gasteiger partial charge < -0.3 is 4.42 Å². The number of nitrogens with zero attached hydrogens (tertiary/aromatic N) is 1. The molecule has 1 heterocycles. The number of hydrogen-bond donors (Lipinski definition) is 0. The Morgan fingerprint density at radius 3 is 2.85 bits per heavy atom. The highest BCUT2D eigenvalue weighted by atomic mass is 16.6. The zero-order valence-electron chi connectivity index (χ0n) is 6.98. The molecule has 0 N–H and O–H groups in total. The first-order chi connectivity index (χ1) is 6.16. The molecule has 0 amide bonds. The normalized spacial score (nSPS) is 10.5. The van der Waals surface area contributed by atoms with Gasteiger partial charge in [-0.3, -0.25) is 10.1 Å². The molecule has 4 heteroatoms. The van der Waals surface area contributed by atoms with Crippen molar-refractivity contribution in [3.05, 3.63) is 40.1 Å². The summed E-state index contributed by atoms with van der Waals surface area (Å²) < 4.78 is 5.28. The summed E-state index contributed by atoms with van der Waals surface area (Å²) >= 11 is 0. The third-order valence-electron chi connectivity index (χ3n) is 1.83. The van der Waals surface area contributed by atoms with Crippen LogP contribution in [0.25, 0.3) is 11.0 Å². The van der Waals surface area contributed by atoms with Gasteiger partial charge in [-0.05, 0) is 19.1 Å². The molecule has 0 aliphatic carbocycles. The second kappa shape index (κ2) is 2.58. The molecule has 0 aliphatic rings. The number of fused-ring (bicyclic) bond motifs is 1. The lowest BCUT2D eigenvalue weighted by atomic mass is 10.2. The topological polar surface area (TPSA) is 56.3 Å². The fourth-order valence-corrected chi connectivity index (χ4v) is 1.28. The Kier molecular flexibility index (Phi) is 1.55. The van der Waals surface area contributed by atoms with Crippen LogP contribution >= 0.6 is 0 Å². The Morgan fingerprint density at radius 2 is 2.15 bits per heavy atom. The fourth-order valence-electron chi connectivity index (χ4n) is 1.28. The lowest BCUT2D eigenvalue weighted by molar-refractivity contribution is -0.384. The maximum Gasteiger partial charge on any atom is 0.270 e. The molecule has 0 unspecified atom stereocenters. The van der Waals surface area contributed by atoms with E-state index >= 15 is 0 Å². The SMILES string of the molecule is Cc1cc2cc([N+](=O)[O-])ccc2o1. The summed E-state index contributed by atoms with van der Waals surface area (Å²) in [6.45, 7) is 1.81. The Bertz CT molecular complexity index is 473. The van der Waals surface area contributed by atoms with E-state index in [4.69, 9.17) is 4.42 Å². The van der Waals surface area contributed by atoms with Crippen LogP contribution in [0.15, 0.2) is 28.7 Å². The molecule has 0 aliphatic heterocycles. The van der Waals surface area contributed by atoms with Gasteiger partial charge in [0.2, 0.25) is 0 Å². The Morgan fingerprint density at radius 1 is 1.38 bits per heavy atom. The van der Waals surface area contributed by atoms with Crippen LogP contribution in [-0.4, -0.2) is 4.92 Å². The minimum absolute atomic E-state index is 0.0910. The van der Waals surface area contributed by atoms with Gasteiger partial charge in [-0.1, -0.05) is 0 Å². The summed E-state index contributed by atoms with van der Waals surface area (Å²) in [5.41, 5.74) is 0.774. The highest BCUT2D eigenvalue weighted by Gasteiger charge is 2.07. The third-order valence-corrected chi connectivity index (χ3v) is 1.83. The number of aryl methyl sites for hydroxylation is 1. The summed E-state index contributed by atoms with van der Waals surface area (Å²) in [6.07, 6.45) is 0. The Labute approximate surface area is 73.9 Å². The molecular formula is C9H7NO3. The summed E-state index contributed by atoms with van der Waals surface area (Å²) in [5, 5.41) is 11.2. The predicted octanol–water partition coefficient (Wildman–Crippen LogP) is 2.65. The van der Waals surface area contributed by atoms with Gasteiger partial charge in [0, 0.05) is 17.5 Å². The van der Waals surface area contributed by atoms with Crippen molar-refractivity contribution >= 4 is 16.7 Å². The van der Waals surface area contributed by atoms with Gasteiger partial charge in [0.1, 0.15) is 11.3 Å². The van der Waals surface area contributed by atoms with E-state index in [1.165, 1.54) is 12.1 Å². The second-order valence-corrected chi connectivity index (χ2v) is 2.84. The van der Waals surface area contributed by atoms with Gasteiger partial charge in [0.15, 0.2) is 0 Å². The maximum atomic E-state index is 10.4. The van der Waals surface area contributed by atoms with Gasteiger partial charge in [-0.2, -0.15) is 0 Å². The Hall–Kier alpha value is -1.84. The number of furan rings is 1. The molecule has 0 atom stereocenters. The largest absolute Gasteiger partial charge is 0.461 e. The van der Waals surface area contributed by atoms with Crippen molar-refractivity contribution in [3.8, 4) is 0 Å². The zero-order valence-corrected chi connectivity index (χ0v) is 6.98. The standard InChI is InChI=1S/C9H7NO3/c1-6-4-7-5-8(10(11)12)2-3-9(7)13-6/h2-5H,1H3. The average Bonchev–Trinajstić information content (AvgIpc) is 2.42. The van der Waals surface area contributed by atoms with Crippen LogP contribution in [0.4, 0.5) is 5.69 Å². The average molecular weight is 177 g/mol. The van der Waals surface area contributed by atoms with Crippen LogP contribution in [0.2, 0.25) is 0 Å². The highest BCUT2D eigenvalue weighted by molar-refractivity contribution is 5.80. The molecule has 1 aromatic carbocycles. The van der Waals surface area contributed by atoms with Gasteiger partial charge in [0.05, 0.1) is 4.92 Å². The van der Waals surface area contributed by atoms with Crippen LogP contribution in [-0.2, 0) is 0 Å². The van der Waals surface area contributed by atoms with Crippen LogP contribution in [0.5, 0.6) is 0 Å². The molecule has 13 heavy (non-hydrogen) atoms. The molecule has 2 aromatic rings. The van der Waals surface area contributed by atoms with Gasteiger partial charge in [-0.15, -0.1) is 0 Å². The quantitative estimate of drug-likeness (QED) is 0.497. The number of nitro benzene ring substituents is 1. The summed E-state index contributed by atoms with van der Waals surface area (Å²) in [6, 6.07) is 6.33.